The van der Waals surface area contributed by atoms with E-state index in [0.29, 0.717) is 5.56 Å². The van der Waals surface area contributed by atoms with Crippen LogP contribution in [0.1, 0.15) is 12.5 Å². The van der Waals surface area contributed by atoms with Crippen LogP contribution in [0, 0.1) is 10.1 Å². The van der Waals surface area contributed by atoms with E-state index in [0.717, 1.165) is 0 Å². The predicted octanol–water partition coefficient (Wildman–Crippen LogP) is 2.42. The Morgan fingerprint density at radius 1 is 1.58 bits per heavy atom. The van der Waals surface area contributed by atoms with E-state index in [4.69, 9.17) is 0 Å². The minimum atomic E-state index is -2.87. The summed E-state index contributed by atoms with van der Waals surface area (Å²) in [5, 5.41) is 10.6. The van der Waals surface area contributed by atoms with E-state index < -0.39 is 21.1 Å². The minimum Gasteiger partial charge on any atom is -0.448 e. The largest absolute Gasteiger partial charge is 0.448 e. The molecule has 0 spiro atoms. The molecule has 0 saturated heterocycles. The molecule has 1 aromatic rings. The summed E-state index contributed by atoms with van der Waals surface area (Å²) in [4.78, 5) is 21.3. The molecular weight excluding hydrogens is 272 g/mol. The minimum absolute atomic E-state index is 0.0614. The number of non-ortho nitro benzene ring substituents is 1. The molecule has 0 bridgehead atoms. The standard InChI is InChI=1S/C11H16N2O5S/c1-3-18-11(14)12-19(2,17)8-9-5-4-6-10(7-9)13(15)16/h4-7,19H,3,8H2,1-2H3,(H,12,14,17). The maximum Gasteiger partial charge on any atom is 0.439 e. The summed E-state index contributed by atoms with van der Waals surface area (Å²) >= 11 is 0. The average Bonchev–Trinajstić information content (AvgIpc) is 2.27. The van der Waals surface area contributed by atoms with Crippen LogP contribution < -0.4 is 0 Å². The van der Waals surface area contributed by atoms with Crippen molar-refractivity contribution in [1.29, 1.82) is 0 Å². The molecule has 7 nitrogen and oxygen atoms in total. The van der Waals surface area contributed by atoms with E-state index >= 15 is 0 Å². The van der Waals surface area contributed by atoms with Gasteiger partial charge in [0, 0.05) is 17.9 Å². The van der Waals surface area contributed by atoms with E-state index in [-0.39, 0.29) is 18.0 Å². The molecule has 0 unspecified atom stereocenters. The van der Waals surface area contributed by atoms with Gasteiger partial charge in [-0.25, -0.2) is 4.79 Å². The molecule has 1 amide bonds. The molecule has 0 atom stereocenters. The Kier molecular flexibility index (Phi) is 5.13. The van der Waals surface area contributed by atoms with Gasteiger partial charge in [-0.2, -0.15) is 4.36 Å². The van der Waals surface area contributed by atoms with Gasteiger partial charge in [0.15, 0.2) is 0 Å². The van der Waals surface area contributed by atoms with Crippen molar-refractivity contribution in [3.63, 3.8) is 0 Å². The van der Waals surface area contributed by atoms with E-state index in [2.05, 4.69) is 9.10 Å². The number of amides is 1. The lowest BCUT2D eigenvalue weighted by molar-refractivity contribution is -0.384. The SMILES string of the molecule is CCOC(=O)N=[SH](C)(O)Cc1cccc([N+](=O)[O-])c1. The monoisotopic (exact) mass is 288 g/mol. The van der Waals surface area contributed by atoms with Crippen LogP contribution in [0.3, 0.4) is 0 Å². The Bertz CT molecular complexity index is 538. The summed E-state index contributed by atoms with van der Waals surface area (Å²) in [5.74, 6) is 0.0908. The van der Waals surface area contributed by atoms with Crippen molar-refractivity contribution < 1.29 is 19.0 Å². The summed E-state index contributed by atoms with van der Waals surface area (Å²) < 4.78 is 18.3. The highest BCUT2D eigenvalue weighted by Gasteiger charge is 2.11. The molecule has 0 fully saturated rings. The van der Waals surface area contributed by atoms with Gasteiger partial charge in [-0.1, -0.05) is 22.2 Å². The number of thiol groups is 1. The summed E-state index contributed by atoms with van der Waals surface area (Å²) in [6, 6.07) is 5.88. The molecule has 0 aliphatic carbocycles. The molecule has 19 heavy (non-hydrogen) atoms. The Morgan fingerprint density at radius 3 is 2.84 bits per heavy atom. The molecule has 8 heteroatoms. The molecule has 1 rings (SSSR count). The first kappa shape index (κ1) is 15.3. The molecule has 1 aromatic carbocycles. The second kappa shape index (κ2) is 6.39. The normalized spacial score (nSPS) is 11.7. The maximum absolute atomic E-state index is 11.2. The van der Waals surface area contributed by atoms with Crippen LogP contribution in [-0.2, 0) is 20.6 Å². The number of carbonyl (C=O) groups excluding carboxylic acids is 1. The summed E-state index contributed by atoms with van der Waals surface area (Å²) in [6.45, 7) is 1.82. The molecule has 0 heterocycles. The van der Waals surface area contributed by atoms with Crippen molar-refractivity contribution in [2.75, 3.05) is 12.9 Å². The first-order valence-corrected chi connectivity index (χ1v) is 7.88. The third kappa shape index (κ3) is 5.14. The number of nitro benzene ring substituents is 1. The van der Waals surface area contributed by atoms with Crippen LogP contribution in [0.4, 0.5) is 10.5 Å². The van der Waals surface area contributed by atoms with Gasteiger partial charge in [0.2, 0.25) is 0 Å². The Labute approximate surface area is 111 Å². The van der Waals surface area contributed by atoms with Gasteiger partial charge in [-0.3, -0.25) is 10.1 Å². The van der Waals surface area contributed by atoms with Crippen LogP contribution in [0.2, 0.25) is 0 Å². The lowest BCUT2D eigenvalue weighted by Gasteiger charge is -2.17. The van der Waals surface area contributed by atoms with Gasteiger partial charge in [-0.05, 0) is 18.7 Å². The maximum atomic E-state index is 11.2. The fraction of sp³-hybridized carbons (Fsp3) is 0.364. The predicted molar refractivity (Wildman–Crippen MR) is 73.6 cm³/mol. The van der Waals surface area contributed by atoms with Gasteiger partial charge in [0.25, 0.3) is 5.69 Å². The third-order valence-corrected chi connectivity index (χ3v) is 3.73. The number of benzene rings is 1. The zero-order valence-electron chi connectivity index (χ0n) is 10.6. The smallest absolute Gasteiger partial charge is 0.439 e. The molecule has 0 aromatic heterocycles. The van der Waals surface area contributed by atoms with Gasteiger partial charge in [-0.15, -0.1) is 0 Å². The first-order chi connectivity index (χ1) is 8.84. The molecule has 0 saturated carbocycles. The number of ether oxygens (including phenoxy) is 1. The van der Waals surface area contributed by atoms with Crippen LogP contribution in [0.15, 0.2) is 28.6 Å². The summed E-state index contributed by atoms with van der Waals surface area (Å²) in [6.07, 6.45) is 0.634. The van der Waals surface area contributed by atoms with E-state index in [9.17, 15) is 19.5 Å². The molecular formula is C11H16N2O5S. The lowest BCUT2D eigenvalue weighted by atomic mass is 10.2. The van der Waals surface area contributed by atoms with Crippen molar-refractivity contribution >= 4 is 21.9 Å². The number of nitrogens with zero attached hydrogens (tertiary/aromatic N) is 2. The quantitative estimate of drug-likeness (QED) is 0.503. The van der Waals surface area contributed by atoms with E-state index in [1.54, 1.807) is 13.0 Å². The second-order valence-corrected chi connectivity index (χ2v) is 6.67. The molecule has 106 valence electrons. The second-order valence-electron chi connectivity index (χ2n) is 3.97. The van der Waals surface area contributed by atoms with Gasteiger partial charge >= 0.3 is 6.09 Å². The summed E-state index contributed by atoms with van der Waals surface area (Å²) in [7, 11) is -2.87. The van der Waals surface area contributed by atoms with Crippen LogP contribution in [0.5, 0.6) is 0 Å². The zero-order chi connectivity index (χ0) is 14.5. The third-order valence-electron chi connectivity index (χ3n) is 2.17. The topological polar surface area (TPSA) is 102 Å². The Balaban J connectivity index is 2.91. The number of rotatable bonds is 4. The van der Waals surface area contributed by atoms with Crippen molar-refractivity contribution in [1.82, 2.24) is 0 Å². The number of nitro groups is 1. The number of hydrogen-bond donors (Lipinski definition) is 2. The van der Waals surface area contributed by atoms with Crippen molar-refractivity contribution in [2.24, 2.45) is 4.36 Å². The number of carbonyl (C=O) groups is 1. The van der Waals surface area contributed by atoms with Crippen molar-refractivity contribution in [2.45, 2.75) is 12.7 Å². The van der Waals surface area contributed by atoms with Crippen LogP contribution in [0.25, 0.3) is 0 Å². The number of hydrogen-bond acceptors (Lipinski definition) is 4. The molecule has 0 aliphatic heterocycles. The Hall–Kier alpha value is -1.80. The summed E-state index contributed by atoms with van der Waals surface area (Å²) in [5.41, 5.74) is 0.495. The highest BCUT2D eigenvalue weighted by atomic mass is 32.3. The lowest BCUT2D eigenvalue weighted by Crippen LogP contribution is -2.14. The van der Waals surface area contributed by atoms with Crippen molar-refractivity contribution in [3.05, 3.63) is 39.9 Å². The average molecular weight is 288 g/mol. The molecule has 0 aliphatic rings. The fourth-order valence-electron chi connectivity index (χ4n) is 1.48. The Morgan fingerprint density at radius 2 is 2.26 bits per heavy atom. The van der Waals surface area contributed by atoms with Gasteiger partial charge in [0.05, 0.1) is 11.5 Å². The van der Waals surface area contributed by atoms with Crippen LogP contribution >= 0.6 is 0 Å². The molecule has 1 N–H and O–H groups in total. The fourth-order valence-corrected chi connectivity index (χ4v) is 2.85. The van der Waals surface area contributed by atoms with Crippen molar-refractivity contribution in [3.8, 4) is 0 Å². The highest BCUT2D eigenvalue weighted by molar-refractivity contribution is 7.98. The zero-order valence-corrected chi connectivity index (χ0v) is 11.5. The van der Waals surface area contributed by atoms with E-state index in [1.165, 1.54) is 24.5 Å². The van der Waals surface area contributed by atoms with E-state index in [1.807, 2.05) is 0 Å². The highest BCUT2D eigenvalue weighted by Crippen LogP contribution is 2.17. The van der Waals surface area contributed by atoms with Gasteiger partial charge < -0.3 is 9.29 Å². The van der Waals surface area contributed by atoms with Crippen LogP contribution in [-0.4, -0.2) is 28.4 Å². The molecule has 0 radical (unpaired) electrons. The van der Waals surface area contributed by atoms with Gasteiger partial charge in [0.1, 0.15) is 0 Å². The first-order valence-electron chi connectivity index (χ1n) is 5.55.